The third-order valence-electron chi connectivity index (χ3n) is 5.75. The normalized spacial score (nSPS) is 17.4. The van der Waals surface area contributed by atoms with Crippen LogP contribution in [-0.2, 0) is 16.1 Å². The predicted octanol–water partition coefficient (Wildman–Crippen LogP) is 5.05. The number of hydrogen-bond donors (Lipinski definition) is 1. The Hall–Kier alpha value is -3.93. The second kappa shape index (κ2) is 9.91. The van der Waals surface area contributed by atoms with Crippen LogP contribution in [0.4, 0.5) is 0 Å². The summed E-state index contributed by atoms with van der Waals surface area (Å²) >= 11 is 0. The highest BCUT2D eigenvalue weighted by atomic mass is 16.5. The average molecular weight is 457 g/mol. The summed E-state index contributed by atoms with van der Waals surface area (Å²) in [5, 5.41) is 11.3. The summed E-state index contributed by atoms with van der Waals surface area (Å²) in [6.45, 7) is 6.82. The van der Waals surface area contributed by atoms with Crippen molar-refractivity contribution in [3.8, 4) is 5.75 Å². The molecule has 4 rings (SSSR count). The van der Waals surface area contributed by atoms with E-state index in [4.69, 9.17) is 4.74 Å². The number of amides is 1. The molecule has 0 aliphatic carbocycles. The fraction of sp³-hybridized carbons (Fsp3) is 0.250. The lowest BCUT2D eigenvalue weighted by Crippen LogP contribution is -2.29. The van der Waals surface area contributed by atoms with Crippen molar-refractivity contribution in [2.24, 2.45) is 5.92 Å². The van der Waals surface area contributed by atoms with Gasteiger partial charge in [0.25, 0.3) is 11.7 Å². The molecular formula is C28H28N2O4. The number of ether oxygens (including phenoxy) is 1. The van der Waals surface area contributed by atoms with E-state index in [-0.39, 0.29) is 17.9 Å². The maximum Gasteiger partial charge on any atom is 0.295 e. The van der Waals surface area contributed by atoms with Crippen LogP contribution in [0.1, 0.15) is 42.1 Å². The molecule has 3 aromatic rings. The number of rotatable bonds is 7. The van der Waals surface area contributed by atoms with Crippen molar-refractivity contribution in [1.29, 1.82) is 0 Å². The molecule has 1 fully saturated rings. The smallest absolute Gasteiger partial charge is 0.295 e. The lowest BCUT2D eigenvalue weighted by molar-refractivity contribution is -0.140. The van der Waals surface area contributed by atoms with Crippen molar-refractivity contribution in [2.45, 2.75) is 33.4 Å². The molecular weight excluding hydrogens is 428 g/mol. The van der Waals surface area contributed by atoms with E-state index in [0.29, 0.717) is 18.1 Å². The molecule has 6 heteroatoms. The molecule has 1 N–H and O–H groups in total. The van der Waals surface area contributed by atoms with E-state index in [2.05, 4.69) is 18.8 Å². The minimum absolute atomic E-state index is 0.0790. The first kappa shape index (κ1) is 23.2. The number of aliphatic hydroxyl groups excluding tert-OH is 1. The molecule has 1 saturated heterocycles. The van der Waals surface area contributed by atoms with Crippen LogP contribution in [0.25, 0.3) is 5.76 Å². The van der Waals surface area contributed by atoms with Gasteiger partial charge >= 0.3 is 0 Å². The first-order chi connectivity index (χ1) is 16.4. The SMILES string of the molecule is Cc1cc(/C(O)=C2\C(=O)C(=O)N(Cc3cccnc3)[C@H]2c2ccccc2)ccc1OCC(C)C. The zero-order valence-corrected chi connectivity index (χ0v) is 19.6. The zero-order valence-electron chi connectivity index (χ0n) is 19.6. The van der Waals surface area contributed by atoms with Gasteiger partial charge in [0.15, 0.2) is 0 Å². The molecule has 0 bridgehead atoms. The Bertz CT molecular complexity index is 1220. The highest BCUT2D eigenvalue weighted by molar-refractivity contribution is 6.46. The lowest BCUT2D eigenvalue weighted by Gasteiger charge is -2.25. The number of aromatic nitrogens is 1. The Labute approximate surface area is 199 Å². The number of ketones is 1. The largest absolute Gasteiger partial charge is 0.507 e. The fourth-order valence-corrected chi connectivity index (χ4v) is 4.08. The number of nitrogens with zero attached hydrogens (tertiary/aromatic N) is 2. The summed E-state index contributed by atoms with van der Waals surface area (Å²) < 4.78 is 5.84. The van der Waals surface area contributed by atoms with E-state index in [9.17, 15) is 14.7 Å². The molecule has 1 amide bonds. The van der Waals surface area contributed by atoms with Gasteiger partial charge < -0.3 is 14.7 Å². The van der Waals surface area contributed by atoms with E-state index in [0.717, 1.165) is 22.4 Å². The van der Waals surface area contributed by atoms with Crippen molar-refractivity contribution >= 4 is 17.4 Å². The minimum Gasteiger partial charge on any atom is -0.507 e. The number of carbonyl (C=O) groups excluding carboxylic acids is 2. The number of aliphatic hydroxyl groups is 1. The maximum atomic E-state index is 13.2. The quantitative estimate of drug-likeness (QED) is 0.306. The fourth-order valence-electron chi connectivity index (χ4n) is 4.08. The Kier molecular flexibility index (Phi) is 6.77. The van der Waals surface area contributed by atoms with Crippen LogP contribution >= 0.6 is 0 Å². The first-order valence-corrected chi connectivity index (χ1v) is 11.3. The molecule has 6 nitrogen and oxygen atoms in total. The summed E-state index contributed by atoms with van der Waals surface area (Å²) in [4.78, 5) is 31.9. The first-order valence-electron chi connectivity index (χ1n) is 11.3. The molecule has 0 radical (unpaired) electrons. The Morgan fingerprint density at radius 1 is 1.09 bits per heavy atom. The number of Topliss-reactive ketones (excluding diaryl/α,β-unsaturated/α-hetero) is 1. The Morgan fingerprint density at radius 2 is 1.85 bits per heavy atom. The van der Waals surface area contributed by atoms with Gasteiger partial charge in [0.2, 0.25) is 0 Å². The molecule has 1 atom stereocenters. The highest BCUT2D eigenvalue weighted by Gasteiger charge is 2.46. The van der Waals surface area contributed by atoms with Crippen LogP contribution in [0, 0.1) is 12.8 Å². The van der Waals surface area contributed by atoms with Crippen molar-refractivity contribution in [3.63, 3.8) is 0 Å². The molecule has 1 aromatic heterocycles. The van der Waals surface area contributed by atoms with Crippen LogP contribution in [0.5, 0.6) is 5.75 Å². The monoisotopic (exact) mass is 456 g/mol. The van der Waals surface area contributed by atoms with Gasteiger partial charge in [-0.1, -0.05) is 50.2 Å². The van der Waals surface area contributed by atoms with Gasteiger partial charge in [0.1, 0.15) is 11.5 Å². The van der Waals surface area contributed by atoms with E-state index in [1.807, 2.05) is 43.3 Å². The number of likely N-dealkylation sites (tertiary alicyclic amines) is 1. The molecule has 1 aliphatic rings. The van der Waals surface area contributed by atoms with Crippen LogP contribution in [0.2, 0.25) is 0 Å². The van der Waals surface area contributed by atoms with E-state index >= 15 is 0 Å². The van der Waals surface area contributed by atoms with Crippen LogP contribution in [0.15, 0.2) is 78.6 Å². The molecule has 1 aliphatic heterocycles. The predicted molar refractivity (Wildman–Crippen MR) is 130 cm³/mol. The third-order valence-corrected chi connectivity index (χ3v) is 5.75. The Balaban J connectivity index is 1.77. The van der Waals surface area contributed by atoms with Gasteiger partial charge in [0, 0.05) is 24.5 Å². The summed E-state index contributed by atoms with van der Waals surface area (Å²) in [6.07, 6.45) is 3.32. The molecule has 0 unspecified atom stereocenters. The Morgan fingerprint density at radius 3 is 2.50 bits per heavy atom. The van der Waals surface area contributed by atoms with Gasteiger partial charge in [-0.2, -0.15) is 0 Å². The molecule has 2 aromatic carbocycles. The topological polar surface area (TPSA) is 79.7 Å². The van der Waals surface area contributed by atoms with Gasteiger partial charge in [0.05, 0.1) is 18.2 Å². The maximum absolute atomic E-state index is 13.2. The number of hydrogen-bond acceptors (Lipinski definition) is 5. The standard InChI is InChI=1S/C28H28N2O4/c1-18(2)17-34-23-12-11-22(14-19(23)3)26(31)24-25(21-9-5-4-6-10-21)30(28(33)27(24)32)16-20-8-7-13-29-15-20/h4-15,18,25,31H,16-17H2,1-3H3/b26-24+/t25-/m0/s1. The zero-order chi connectivity index (χ0) is 24.2. The van der Waals surface area contributed by atoms with E-state index in [1.54, 1.807) is 36.7 Å². The summed E-state index contributed by atoms with van der Waals surface area (Å²) in [7, 11) is 0. The average Bonchev–Trinajstić information content (AvgIpc) is 3.09. The number of benzene rings is 2. The van der Waals surface area contributed by atoms with Crippen LogP contribution in [0.3, 0.4) is 0 Å². The summed E-state index contributed by atoms with van der Waals surface area (Å²) in [6, 6.07) is 17.5. The summed E-state index contributed by atoms with van der Waals surface area (Å²) in [5.74, 6) is -0.434. The van der Waals surface area contributed by atoms with Gasteiger partial charge in [-0.05, 0) is 53.8 Å². The van der Waals surface area contributed by atoms with Gasteiger partial charge in [-0.25, -0.2) is 0 Å². The van der Waals surface area contributed by atoms with Crippen LogP contribution < -0.4 is 4.74 Å². The third kappa shape index (κ3) is 4.71. The van der Waals surface area contributed by atoms with Crippen molar-refractivity contribution in [2.75, 3.05) is 6.61 Å². The minimum atomic E-state index is -0.710. The van der Waals surface area contributed by atoms with Crippen LogP contribution in [-0.4, -0.2) is 33.3 Å². The van der Waals surface area contributed by atoms with Gasteiger partial charge in [-0.15, -0.1) is 0 Å². The molecule has 34 heavy (non-hydrogen) atoms. The van der Waals surface area contributed by atoms with Crippen molar-refractivity contribution in [3.05, 3.63) is 101 Å². The van der Waals surface area contributed by atoms with E-state index < -0.39 is 17.7 Å². The lowest BCUT2D eigenvalue weighted by atomic mass is 9.94. The highest BCUT2D eigenvalue weighted by Crippen LogP contribution is 2.40. The molecule has 0 spiro atoms. The van der Waals surface area contributed by atoms with Crippen molar-refractivity contribution < 1.29 is 19.4 Å². The molecule has 0 saturated carbocycles. The number of aryl methyl sites for hydroxylation is 1. The second-order valence-corrected chi connectivity index (χ2v) is 8.88. The second-order valence-electron chi connectivity index (χ2n) is 8.88. The van der Waals surface area contributed by atoms with E-state index in [1.165, 1.54) is 4.90 Å². The van der Waals surface area contributed by atoms with Crippen molar-refractivity contribution in [1.82, 2.24) is 9.88 Å². The molecule has 174 valence electrons. The van der Waals surface area contributed by atoms with Gasteiger partial charge in [-0.3, -0.25) is 14.6 Å². The number of carbonyl (C=O) groups is 2. The molecule has 2 heterocycles. The summed E-state index contributed by atoms with van der Waals surface area (Å²) in [5.41, 5.74) is 2.93. The number of pyridine rings is 1.